The van der Waals surface area contributed by atoms with E-state index in [0.717, 1.165) is 42.0 Å². The second-order valence-electron chi connectivity index (χ2n) is 6.19. The molecule has 1 saturated heterocycles. The Balaban J connectivity index is 1.51. The summed E-state index contributed by atoms with van der Waals surface area (Å²) in [4.78, 5) is 11.5. The predicted molar refractivity (Wildman–Crippen MR) is 99.8 cm³/mol. The maximum Gasteiger partial charge on any atom is 0.227 e. The van der Waals surface area contributed by atoms with Crippen molar-refractivity contribution in [3.05, 3.63) is 36.0 Å². The van der Waals surface area contributed by atoms with E-state index in [1.807, 2.05) is 37.3 Å². The molecule has 25 heavy (non-hydrogen) atoms. The lowest BCUT2D eigenvalue weighted by molar-refractivity contribution is 0.331. The summed E-state index contributed by atoms with van der Waals surface area (Å²) < 4.78 is 10.9. The van der Waals surface area contributed by atoms with E-state index in [1.165, 1.54) is 19.3 Å². The van der Waals surface area contributed by atoms with E-state index < -0.39 is 0 Å². The van der Waals surface area contributed by atoms with Crippen molar-refractivity contribution >= 4 is 11.8 Å². The Morgan fingerprint density at radius 1 is 1.04 bits per heavy atom. The van der Waals surface area contributed by atoms with Gasteiger partial charge in [0.1, 0.15) is 23.9 Å². The molecule has 2 aromatic rings. The fourth-order valence-corrected chi connectivity index (χ4v) is 2.90. The number of ether oxygens (including phenoxy) is 2. The Morgan fingerprint density at radius 3 is 2.48 bits per heavy atom. The summed E-state index contributed by atoms with van der Waals surface area (Å²) in [6.07, 6.45) is 3.74. The molecule has 0 saturated carbocycles. The van der Waals surface area contributed by atoms with Gasteiger partial charge in [-0.15, -0.1) is 0 Å². The molecule has 0 atom stereocenters. The van der Waals surface area contributed by atoms with Gasteiger partial charge in [-0.25, -0.2) is 4.98 Å². The van der Waals surface area contributed by atoms with Crippen molar-refractivity contribution < 1.29 is 9.47 Å². The van der Waals surface area contributed by atoms with Crippen LogP contribution in [0.4, 0.5) is 11.8 Å². The van der Waals surface area contributed by atoms with Crippen LogP contribution in [-0.4, -0.2) is 43.3 Å². The van der Waals surface area contributed by atoms with Gasteiger partial charge in [-0.2, -0.15) is 4.98 Å². The summed E-state index contributed by atoms with van der Waals surface area (Å²) in [5.74, 6) is 3.34. The number of methoxy groups -OCH3 is 1. The Kier molecular flexibility index (Phi) is 5.93. The van der Waals surface area contributed by atoms with Gasteiger partial charge in [0.25, 0.3) is 0 Å². The fourth-order valence-electron chi connectivity index (χ4n) is 2.90. The minimum Gasteiger partial charge on any atom is -0.497 e. The molecule has 1 aliphatic rings. The Morgan fingerprint density at radius 2 is 1.76 bits per heavy atom. The number of benzene rings is 1. The molecule has 0 radical (unpaired) electrons. The van der Waals surface area contributed by atoms with Crippen molar-refractivity contribution in [1.29, 1.82) is 0 Å². The predicted octanol–water partition coefficient (Wildman–Crippen LogP) is 3.27. The first kappa shape index (κ1) is 17.3. The Bertz CT molecular complexity index is 670. The first-order valence-electron chi connectivity index (χ1n) is 8.86. The van der Waals surface area contributed by atoms with Crippen molar-refractivity contribution in [2.24, 2.45) is 0 Å². The first-order chi connectivity index (χ1) is 12.2. The van der Waals surface area contributed by atoms with Gasteiger partial charge in [0, 0.05) is 24.8 Å². The number of anilines is 2. The van der Waals surface area contributed by atoms with Crippen molar-refractivity contribution in [3.8, 4) is 11.5 Å². The number of hydrogen-bond donors (Lipinski definition) is 1. The number of rotatable bonds is 7. The normalized spacial score (nSPS) is 14.2. The minimum atomic E-state index is 0.564. The molecule has 0 unspecified atom stereocenters. The molecule has 1 N–H and O–H groups in total. The summed E-state index contributed by atoms with van der Waals surface area (Å²) in [6, 6.07) is 9.56. The largest absolute Gasteiger partial charge is 0.497 e. The molecule has 1 aromatic carbocycles. The number of aromatic nitrogens is 2. The summed E-state index contributed by atoms with van der Waals surface area (Å²) in [5, 5.41) is 3.33. The zero-order valence-corrected chi connectivity index (χ0v) is 15.0. The third kappa shape index (κ3) is 4.98. The lowest BCUT2D eigenvalue weighted by Crippen LogP contribution is -2.31. The monoisotopic (exact) mass is 342 g/mol. The van der Waals surface area contributed by atoms with Gasteiger partial charge in [0.15, 0.2) is 0 Å². The number of nitrogens with one attached hydrogen (secondary N) is 1. The number of nitrogens with zero attached hydrogens (tertiary/aromatic N) is 3. The highest BCUT2D eigenvalue weighted by atomic mass is 16.5. The topological polar surface area (TPSA) is 59.5 Å². The van der Waals surface area contributed by atoms with Crippen LogP contribution in [0.1, 0.15) is 25.0 Å². The van der Waals surface area contributed by atoms with Crippen molar-refractivity contribution in [1.82, 2.24) is 9.97 Å². The maximum absolute atomic E-state index is 5.73. The second kappa shape index (κ2) is 8.55. The third-order valence-electron chi connectivity index (χ3n) is 4.22. The van der Waals surface area contributed by atoms with Gasteiger partial charge in [0.05, 0.1) is 13.7 Å². The van der Waals surface area contributed by atoms with Crippen LogP contribution in [0.5, 0.6) is 11.5 Å². The minimum absolute atomic E-state index is 0.564. The summed E-state index contributed by atoms with van der Waals surface area (Å²) in [5.41, 5.74) is 0.981. The van der Waals surface area contributed by atoms with Crippen molar-refractivity contribution in [3.63, 3.8) is 0 Å². The molecule has 0 aliphatic carbocycles. The van der Waals surface area contributed by atoms with Crippen molar-refractivity contribution in [2.45, 2.75) is 26.2 Å². The first-order valence-corrected chi connectivity index (χ1v) is 8.86. The lowest BCUT2D eigenvalue weighted by atomic mass is 10.1. The number of hydrogen-bond acceptors (Lipinski definition) is 6. The highest BCUT2D eigenvalue weighted by Gasteiger charge is 2.14. The van der Waals surface area contributed by atoms with Gasteiger partial charge < -0.3 is 19.7 Å². The lowest BCUT2D eigenvalue weighted by Gasteiger charge is -2.27. The summed E-state index contributed by atoms with van der Waals surface area (Å²) >= 11 is 0. The third-order valence-corrected chi connectivity index (χ3v) is 4.22. The SMILES string of the molecule is COc1ccc(OCCNc2cc(C)nc(N3CCCCC3)n2)cc1. The van der Waals surface area contributed by atoms with E-state index in [9.17, 15) is 0 Å². The Hall–Kier alpha value is -2.50. The van der Waals surface area contributed by atoms with Crippen molar-refractivity contribution in [2.75, 3.05) is 43.6 Å². The van der Waals surface area contributed by atoms with E-state index in [1.54, 1.807) is 7.11 Å². The molecular weight excluding hydrogens is 316 g/mol. The van der Waals surface area contributed by atoms with E-state index >= 15 is 0 Å². The molecule has 0 spiro atoms. The highest BCUT2D eigenvalue weighted by Crippen LogP contribution is 2.19. The average Bonchev–Trinajstić information content (AvgIpc) is 2.66. The molecular formula is C19H26N4O2. The number of aryl methyl sites for hydroxylation is 1. The molecule has 3 rings (SSSR count). The van der Waals surface area contributed by atoms with Gasteiger partial charge in [0.2, 0.25) is 5.95 Å². The van der Waals surface area contributed by atoms with Crippen LogP contribution >= 0.6 is 0 Å². The van der Waals surface area contributed by atoms with E-state index in [0.29, 0.717) is 13.2 Å². The standard InChI is InChI=1S/C19H26N4O2/c1-15-14-18(22-19(21-15)23-11-4-3-5-12-23)20-10-13-25-17-8-6-16(24-2)7-9-17/h6-9,14H,3-5,10-13H2,1-2H3,(H,20,21,22). The Labute approximate surface area is 149 Å². The van der Waals surface area contributed by atoms with Crippen LogP contribution in [0.3, 0.4) is 0 Å². The van der Waals surface area contributed by atoms with Crippen LogP contribution < -0.4 is 19.7 Å². The molecule has 1 fully saturated rings. The smallest absolute Gasteiger partial charge is 0.227 e. The molecule has 1 aliphatic heterocycles. The van der Waals surface area contributed by atoms with Crippen LogP contribution in [0.25, 0.3) is 0 Å². The van der Waals surface area contributed by atoms with Gasteiger partial charge in [-0.3, -0.25) is 0 Å². The van der Waals surface area contributed by atoms with Crippen LogP contribution in [0, 0.1) is 6.92 Å². The molecule has 134 valence electrons. The fraction of sp³-hybridized carbons (Fsp3) is 0.474. The molecule has 1 aromatic heterocycles. The zero-order valence-electron chi connectivity index (χ0n) is 15.0. The summed E-state index contributed by atoms with van der Waals surface area (Å²) in [6.45, 7) is 5.34. The average molecular weight is 342 g/mol. The molecule has 6 heteroatoms. The molecule has 0 amide bonds. The van der Waals surface area contributed by atoms with Crippen LogP contribution in [0.2, 0.25) is 0 Å². The molecule has 0 bridgehead atoms. The van der Waals surface area contributed by atoms with Gasteiger partial charge in [-0.05, 0) is 50.5 Å². The second-order valence-corrected chi connectivity index (χ2v) is 6.19. The maximum atomic E-state index is 5.73. The van der Waals surface area contributed by atoms with Gasteiger partial charge >= 0.3 is 0 Å². The van der Waals surface area contributed by atoms with Crippen LogP contribution in [-0.2, 0) is 0 Å². The van der Waals surface area contributed by atoms with E-state index in [4.69, 9.17) is 9.47 Å². The molecule has 6 nitrogen and oxygen atoms in total. The van der Waals surface area contributed by atoms with E-state index in [-0.39, 0.29) is 0 Å². The van der Waals surface area contributed by atoms with Crippen LogP contribution in [0.15, 0.2) is 30.3 Å². The van der Waals surface area contributed by atoms with E-state index in [2.05, 4.69) is 20.2 Å². The quantitative estimate of drug-likeness (QED) is 0.779. The molecule has 2 heterocycles. The van der Waals surface area contributed by atoms with Gasteiger partial charge in [-0.1, -0.05) is 0 Å². The zero-order chi connectivity index (χ0) is 17.5. The highest BCUT2D eigenvalue weighted by molar-refractivity contribution is 5.43. The number of piperidine rings is 1. The summed E-state index contributed by atoms with van der Waals surface area (Å²) in [7, 11) is 1.65.